The van der Waals surface area contributed by atoms with Crippen molar-refractivity contribution in [3.8, 4) is 0 Å². The van der Waals surface area contributed by atoms with Gasteiger partial charge in [0.15, 0.2) is 23.3 Å². The lowest BCUT2D eigenvalue weighted by Gasteiger charge is -2.09. The molecule has 3 nitrogen and oxygen atoms in total. The summed E-state index contributed by atoms with van der Waals surface area (Å²) in [6, 6.07) is 0. The summed E-state index contributed by atoms with van der Waals surface area (Å²) in [5, 5.41) is 12.0. The van der Waals surface area contributed by atoms with Crippen molar-refractivity contribution in [3.63, 3.8) is 0 Å². The quantitative estimate of drug-likeness (QED) is 0.375. The number of rotatable bonds is 3. The molecule has 94 valence electrons. The maximum Gasteiger partial charge on any atom is 0.187 e. The summed E-state index contributed by atoms with van der Waals surface area (Å²) in [6.45, 7) is 1.91. The number of nitrogens with one attached hydrogen (secondary N) is 1. The summed E-state index contributed by atoms with van der Waals surface area (Å²) in [4.78, 5) is 0. The molecule has 1 rings (SSSR count). The van der Waals surface area contributed by atoms with Gasteiger partial charge in [-0.2, -0.15) is 5.10 Å². The third-order valence-electron chi connectivity index (χ3n) is 1.90. The Kier molecular flexibility index (Phi) is 4.06. The molecular weight excluding hydrogens is 240 g/mol. The minimum absolute atomic E-state index is 0.413. The van der Waals surface area contributed by atoms with Gasteiger partial charge in [0.05, 0.1) is 12.2 Å². The average molecular weight is 250 g/mol. The van der Waals surface area contributed by atoms with E-state index >= 15 is 0 Å². The number of anilines is 1. The van der Waals surface area contributed by atoms with E-state index in [0.717, 1.165) is 0 Å². The molecular formula is C10H10F4N2O. The first-order valence-corrected chi connectivity index (χ1v) is 4.62. The lowest BCUT2D eigenvalue weighted by atomic mass is 10.1. The molecule has 0 aromatic heterocycles. The molecule has 0 heterocycles. The van der Waals surface area contributed by atoms with Crippen LogP contribution in [0.3, 0.4) is 0 Å². The van der Waals surface area contributed by atoms with E-state index in [1.165, 1.54) is 13.8 Å². The van der Waals surface area contributed by atoms with Crippen molar-refractivity contribution < 1.29 is 22.7 Å². The maximum atomic E-state index is 13.3. The maximum absolute atomic E-state index is 13.3. The molecule has 0 atom stereocenters. The predicted octanol–water partition coefficient (Wildman–Crippen LogP) is 2.54. The van der Waals surface area contributed by atoms with Gasteiger partial charge in [0.25, 0.3) is 0 Å². The van der Waals surface area contributed by atoms with E-state index in [1.54, 1.807) is 0 Å². The highest BCUT2D eigenvalue weighted by Crippen LogP contribution is 2.28. The Morgan fingerprint density at radius 2 is 1.53 bits per heavy atom. The zero-order chi connectivity index (χ0) is 13.2. The molecule has 7 heteroatoms. The molecule has 0 saturated heterocycles. The number of hydrazone groups is 1. The van der Waals surface area contributed by atoms with Crippen LogP contribution in [0.4, 0.5) is 23.2 Å². The minimum atomic E-state index is -1.64. The van der Waals surface area contributed by atoms with Crippen molar-refractivity contribution in [2.45, 2.75) is 20.5 Å². The van der Waals surface area contributed by atoms with Crippen molar-refractivity contribution in [2.75, 3.05) is 5.43 Å². The summed E-state index contributed by atoms with van der Waals surface area (Å²) in [7, 11) is 0. The van der Waals surface area contributed by atoms with Gasteiger partial charge in [-0.05, 0) is 13.8 Å². The van der Waals surface area contributed by atoms with Crippen molar-refractivity contribution in [1.82, 2.24) is 0 Å². The molecule has 1 aromatic carbocycles. The third-order valence-corrected chi connectivity index (χ3v) is 1.90. The number of aliphatic hydroxyl groups excluding tert-OH is 1. The van der Waals surface area contributed by atoms with E-state index < -0.39 is 41.1 Å². The largest absolute Gasteiger partial charge is 0.391 e. The molecule has 0 aliphatic rings. The van der Waals surface area contributed by atoms with Crippen LogP contribution in [-0.4, -0.2) is 10.8 Å². The summed E-state index contributed by atoms with van der Waals surface area (Å²) >= 11 is 0. The second kappa shape index (κ2) is 5.13. The fourth-order valence-corrected chi connectivity index (χ4v) is 1.08. The number of hydrogen-bond donors (Lipinski definition) is 2. The van der Waals surface area contributed by atoms with Gasteiger partial charge in [-0.25, -0.2) is 17.6 Å². The van der Waals surface area contributed by atoms with Gasteiger partial charge in [0, 0.05) is 5.71 Å². The van der Waals surface area contributed by atoms with E-state index in [-0.39, 0.29) is 0 Å². The Hall–Kier alpha value is -1.63. The Balaban J connectivity index is 3.37. The van der Waals surface area contributed by atoms with Crippen LogP contribution in [0.15, 0.2) is 5.10 Å². The number of benzene rings is 1. The van der Waals surface area contributed by atoms with Crippen LogP contribution >= 0.6 is 0 Å². The second-order valence-electron chi connectivity index (χ2n) is 3.44. The molecule has 0 spiro atoms. The molecule has 0 amide bonds. The normalized spacial score (nSPS) is 10.3. The zero-order valence-electron chi connectivity index (χ0n) is 9.11. The van der Waals surface area contributed by atoms with Crippen LogP contribution < -0.4 is 5.43 Å². The lowest BCUT2D eigenvalue weighted by molar-refractivity contribution is 0.263. The summed E-state index contributed by atoms with van der Waals surface area (Å²) in [5.41, 5.74) is 0.221. The van der Waals surface area contributed by atoms with Crippen LogP contribution in [0.1, 0.15) is 19.4 Å². The highest BCUT2D eigenvalue weighted by molar-refractivity contribution is 5.79. The molecule has 0 aliphatic heterocycles. The van der Waals surface area contributed by atoms with E-state index in [1.807, 2.05) is 5.43 Å². The molecule has 0 unspecified atom stereocenters. The van der Waals surface area contributed by atoms with Crippen LogP contribution in [-0.2, 0) is 6.61 Å². The third kappa shape index (κ3) is 2.55. The monoisotopic (exact) mass is 250 g/mol. The van der Waals surface area contributed by atoms with E-state index in [4.69, 9.17) is 5.11 Å². The second-order valence-corrected chi connectivity index (χ2v) is 3.44. The van der Waals surface area contributed by atoms with E-state index in [0.29, 0.717) is 5.71 Å². The number of aliphatic hydroxyl groups is 1. The fourth-order valence-electron chi connectivity index (χ4n) is 1.08. The summed E-state index contributed by atoms with van der Waals surface area (Å²) in [6.07, 6.45) is 0. The van der Waals surface area contributed by atoms with Gasteiger partial charge < -0.3 is 5.11 Å². The molecule has 17 heavy (non-hydrogen) atoms. The van der Waals surface area contributed by atoms with Gasteiger partial charge in [-0.1, -0.05) is 0 Å². The Bertz CT molecular complexity index is 441. The minimum Gasteiger partial charge on any atom is -0.391 e. The van der Waals surface area contributed by atoms with Crippen molar-refractivity contribution in [2.24, 2.45) is 5.10 Å². The summed E-state index contributed by atoms with van der Waals surface area (Å²) < 4.78 is 53.0. The number of halogens is 4. The molecule has 0 aliphatic carbocycles. The van der Waals surface area contributed by atoms with Crippen LogP contribution in [0.5, 0.6) is 0 Å². The molecule has 0 radical (unpaired) electrons. The first-order valence-electron chi connectivity index (χ1n) is 4.62. The van der Waals surface area contributed by atoms with Gasteiger partial charge >= 0.3 is 0 Å². The molecule has 0 bridgehead atoms. The average Bonchev–Trinajstić information content (AvgIpc) is 2.27. The smallest absolute Gasteiger partial charge is 0.187 e. The predicted molar refractivity (Wildman–Crippen MR) is 54.6 cm³/mol. The van der Waals surface area contributed by atoms with Crippen molar-refractivity contribution in [3.05, 3.63) is 28.8 Å². The van der Waals surface area contributed by atoms with E-state index in [2.05, 4.69) is 5.10 Å². The Labute approximate surface area is 94.8 Å². The number of hydrogen-bond acceptors (Lipinski definition) is 3. The van der Waals surface area contributed by atoms with Crippen LogP contribution in [0, 0.1) is 23.3 Å². The molecule has 0 fully saturated rings. The standard InChI is InChI=1S/C10H10F4N2O/c1-4(2)15-16-10-8(13)6(11)5(3-17)7(12)9(10)14/h16-17H,3H2,1-2H3. The Morgan fingerprint density at radius 1 is 1.06 bits per heavy atom. The molecule has 0 saturated carbocycles. The highest BCUT2D eigenvalue weighted by Gasteiger charge is 2.24. The first kappa shape index (κ1) is 13.4. The molecule has 1 aromatic rings. The molecule has 2 N–H and O–H groups in total. The van der Waals surface area contributed by atoms with Crippen LogP contribution in [0.25, 0.3) is 0 Å². The first-order chi connectivity index (χ1) is 7.90. The van der Waals surface area contributed by atoms with Gasteiger partial charge in [-0.15, -0.1) is 0 Å². The van der Waals surface area contributed by atoms with E-state index in [9.17, 15) is 17.6 Å². The van der Waals surface area contributed by atoms with Gasteiger partial charge in [0.2, 0.25) is 0 Å². The van der Waals surface area contributed by atoms with Crippen molar-refractivity contribution in [1.29, 1.82) is 0 Å². The topological polar surface area (TPSA) is 44.6 Å². The van der Waals surface area contributed by atoms with Crippen molar-refractivity contribution >= 4 is 11.4 Å². The fraction of sp³-hybridized carbons (Fsp3) is 0.300. The van der Waals surface area contributed by atoms with Crippen LogP contribution in [0.2, 0.25) is 0 Å². The highest BCUT2D eigenvalue weighted by atomic mass is 19.2. The van der Waals surface area contributed by atoms with Gasteiger partial charge in [-0.3, -0.25) is 5.43 Å². The summed E-state index contributed by atoms with van der Waals surface area (Å²) in [5.74, 6) is -6.54. The Morgan fingerprint density at radius 3 is 1.88 bits per heavy atom. The lowest BCUT2D eigenvalue weighted by Crippen LogP contribution is -2.08. The number of nitrogens with zero attached hydrogens (tertiary/aromatic N) is 1. The van der Waals surface area contributed by atoms with Gasteiger partial charge in [0.1, 0.15) is 5.69 Å². The zero-order valence-corrected chi connectivity index (χ0v) is 9.11. The SMILES string of the molecule is CC(C)=NNc1c(F)c(F)c(CO)c(F)c1F.